The molecule has 4 heteroatoms. The van der Waals surface area contributed by atoms with Gasteiger partial charge in [-0.3, -0.25) is 0 Å². The zero-order valence-corrected chi connectivity index (χ0v) is 13.6. The number of carboxylic acid groups (broad SMARTS) is 1. The minimum atomic E-state index is -0.987. The van der Waals surface area contributed by atoms with Gasteiger partial charge in [-0.15, -0.1) is 0 Å². The van der Waals surface area contributed by atoms with Gasteiger partial charge < -0.3 is 9.84 Å². The summed E-state index contributed by atoms with van der Waals surface area (Å²) in [6.07, 6.45) is -0.627. The molecule has 22 heavy (non-hydrogen) atoms. The molecule has 0 bridgehead atoms. The molecule has 2 aromatic carbocycles. The number of carboxylic acids is 1. The molecule has 2 aromatic rings. The Kier molecular flexibility index (Phi) is 5.09. The zero-order valence-electron chi connectivity index (χ0n) is 12.9. The van der Waals surface area contributed by atoms with Crippen molar-refractivity contribution in [3.05, 3.63) is 63.7 Å². The molecule has 0 aliphatic heterocycles. The van der Waals surface area contributed by atoms with E-state index in [1.165, 1.54) is 5.56 Å². The first-order valence-electron chi connectivity index (χ1n) is 7.08. The van der Waals surface area contributed by atoms with Gasteiger partial charge in [-0.05, 0) is 55.7 Å². The molecule has 1 N–H and O–H groups in total. The van der Waals surface area contributed by atoms with E-state index < -0.39 is 12.1 Å². The van der Waals surface area contributed by atoms with Crippen molar-refractivity contribution in [3.63, 3.8) is 0 Å². The minimum Gasteiger partial charge on any atom is -0.478 e. The number of rotatable bonds is 5. The van der Waals surface area contributed by atoms with Crippen LogP contribution < -0.4 is 4.74 Å². The summed E-state index contributed by atoms with van der Waals surface area (Å²) >= 11 is 5.91. The van der Waals surface area contributed by atoms with Gasteiger partial charge in [0.05, 0.1) is 0 Å². The second kappa shape index (κ2) is 6.84. The minimum absolute atomic E-state index is 0.319. The fraction of sp³-hybridized carbons (Fsp3) is 0.278. The van der Waals surface area contributed by atoms with Gasteiger partial charge >= 0.3 is 5.97 Å². The highest BCUT2D eigenvalue weighted by Gasteiger charge is 2.22. The number of aliphatic carboxylic acids is 1. The van der Waals surface area contributed by atoms with Gasteiger partial charge in [0.25, 0.3) is 0 Å². The van der Waals surface area contributed by atoms with Crippen molar-refractivity contribution >= 4 is 17.6 Å². The lowest BCUT2D eigenvalue weighted by Gasteiger charge is -2.18. The van der Waals surface area contributed by atoms with Crippen molar-refractivity contribution in [2.24, 2.45) is 0 Å². The van der Waals surface area contributed by atoms with Crippen LogP contribution in [0.25, 0.3) is 0 Å². The SMILES string of the molecule is Cc1cc(C)c(C[C@H](Oc2cccc(Cl)c2)C(=O)O)c(C)c1. The fourth-order valence-electron chi connectivity index (χ4n) is 2.60. The quantitative estimate of drug-likeness (QED) is 0.892. The van der Waals surface area contributed by atoms with E-state index >= 15 is 0 Å². The van der Waals surface area contributed by atoms with Gasteiger partial charge in [-0.1, -0.05) is 35.4 Å². The van der Waals surface area contributed by atoms with Crippen molar-refractivity contribution < 1.29 is 14.6 Å². The van der Waals surface area contributed by atoms with E-state index in [-0.39, 0.29) is 0 Å². The highest BCUT2D eigenvalue weighted by molar-refractivity contribution is 6.30. The first kappa shape index (κ1) is 16.4. The third-order valence-electron chi connectivity index (χ3n) is 3.58. The topological polar surface area (TPSA) is 46.5 Å². The smallest absolute Gasteiger partial charge is 0.345 e. The first-order valence-corrected chi connectivity index (χ1v) is 7.46. The van der Waals surface area contributed by atoms with Crippen LogP contribution in [0.15, 0.2) is 36.4 Å². The Morgan fingerprint density at radius 2 is 1.82 bits per heavy atom. The molecule has 0 saturated carbocycles. The first-order chi connectivity index (χ1) is 10.4. The molecular weight excluding hydrogens is 300 g/mol. The van der Waals surface area contributed by atoms with E-state index in [2.05, 4.69) is 12.1 Å². The standard InChI is InChI=1S/C18H19ClO3/c1-11-7-12(2)16(13(3)8-11)10-17(18(20)21)22-15-6-4-5-14(19)9-15/h4-9,17H,10H2,1-3H3,(H,20,21)/t17-/m0/s1. The van der Waals surface area contributed by atoms with Crippen LogP contribution in [0, 0.1) is 20.8 Å². The molecule has 1 atom stereocenters. The van der Waals surface area contributed by atoms with Gasteiger partial charge in [-0.25, -0.2) is 4.79 Å². The summed E-state index contributed by atoms with van der Waals surface area (Å²) in [6.45, 7) is 6.02. The van der Waals surface area contributed by atoms with E-state index in [1.54, 1.807) is 24.3 Å². The summed E-state index contributed by atoms with van der Waals surface area (Å²) < 4.78 is 5.62. The van der Waals surface area contributed by atoms with Gasteiger partial charge in [0.1, 0.15) is 5.75 Å². The van der Waals surface area contributed by atoms with Crippen LogP contribution in [0.4, 0.5) is 0 Å². The molecule has 0 fully saturated rings. The van der Waals surface area contributed by atoms with Crippen molar-refractivity contribution in [1.82, 2.24) is 0 Å². The van der Waals surface area contributed by atoms with E-state index in [0.29, 0.717) is 17.2 Å². The van der Waals surface area contributed by atoms with E-state index in [4.69, 9.17) is 16.3 Å². The van der Waals surface area contributed by atoms with Crippen LogP contribution in [-0.2, 0) is 11.2 Å². The lowest BCUT2D eigenvalue weighted by molar-refractivity contribution is -0.145. The van der Waals surface area contributed by atoms with Crippen LogP contribution >= 0.6 is 11.6 Å². The summed E-state index contributed by atoms with van der Waals surface area (Å²) in [5.74, 6) is -0.526. The normalized spacial score (nSPS) is 12.0. The van der Waals surface area contributed by atoms with Gasteiger partial charge in [0, 0.05) is 11.4 Å². The molecule has 0 heterocycles. The third kappa shape index (κ3) is 4.01. The van der Waals surface area contributed by atoms with Crippen molar-refractivity contribution in [2.75, 3.05) is 0 Å². The van der Waals surface area contributed by atoms with Crippen LogP contribution in [0.5, 0.6) is 5.75 Å². The number of halogens is 1. The molecule has 116 valence electrons. The lowest BCUT2D eigenvalue weighted by atomic mass is 9.95. The Hall–Kier alpha value is -2.00. The molecule has 0 aliphatic rings. The Bertz CT molecular complexity index is 671. The maximum atomic E-state index is 11.5. The number of carbonyl (C=O) groups is 1. The highest BCUT2D eigenvalue weighted by Crippen LogP contribution is 2.22. The maximum absolute atomic E-state index is 11.5. The average molecular weight is 319 g/mol. The fourth-order valence-corrected chi connectivity index (χ4v) is 2.78. The van der Waals surface area contributed by atoms with Crippen molar-refractivity contribution in [1.29, 1.82) is 0 Å². The summed E-state index contributed by atoms with van der Waals surface area (Å²) in [7, 11) is 0. The second-order valence-electron chi connectivity index (χ2n) is 5.48. The molecular formula is C18H19ClO3. The molecule has 0 aromatic heterocycles. The average Bonchev–Trinajstić information content (AvgIpc) is 2.41. The maximum Gasteiger partial charge on any atom is 0.345 e. The van der Waals surface area contributed by atoms with Crippen molar-refractivity contribution in [2.45, 2.75) is 33.3 Å². The Labute approximate surface area is 135 Å². The molecule has 0 amide bonds. The molecule has 0 spiro atoms. The molecule has 0 radical (unpaired) electrons. The monoisotopic (exact) mass is 318 g/mol. The number of hydrogen-bond donors (Lipinski definition) is 1. The number of aryl methyl sites for hydroxylation is 3. The van der Waals surface area contributed by atoms with E-state index in [1.807, 2.05) is 20.8 Å². The van der Waals surface area contributed by atoms with Crippen LogP contribution in [0.3, 0.4) is 0 Å². The third-order valence-corrected chi connectivity index (χ3v) is 3.81. The van der Waals surface area contributed by atoms with Gasteiger partial charge in [0.2, 0.25) is 0 Å². The second-order valence-corrected chi connectivity index (χ2v) is 5.92. The number of ether oxygens (including phenoxy) is 1. The van der Waals surface area contributed by atoms with Gasteiger partial charge in [0.15, 0.2) is 6.10 Å². The predicted molar refractivity (Wildman–Crippen MR) is 87.9 cm³/mol. The Balaban J connectivity index is 2.25. The van der Waals surface area contributed by atoms with Crippen LogP contribution in [-0.4, -0.2) is 17.2 Å². The van der Waals surface area contributed by atoms with Gasteiger partial charge in [-0.2, -0.15) is 0 Å². The van der Waals surface area contributed by atoms with E-state index in [9.17, 15) is 9.90 Å². The summed E-state index contributed by atoms with van der Waals surface area (Å²) in [6, 6.07) is 10.9. The summed E-state index contributed by atoms with van der Waals surface area (Å²) in [5, 5.41) is 9.96. The van der Waals surface area contributed by atoms with Crippen LogP contribution in [0.2, 0.25) is 5.02 Å². The highest BCUT2D eigenvalue weighted by atomic mass is 35.5. The van der Waals surface area contributed by atoms with Crippen molar-refractivity contribution in [3.8, 4) is 5.75 Å². The summed E-state index contributed by atoms with van der Waals surface area (Å²) in [5.41, 5.74) is 4.35. The zero-order chi connectivity index (χ0) is 16.3. The van der Waals surface area contributed by atoms with Crippen LogP contribution in [0.1, 0.15) is 22.3 Å². The molecule has 3 nitrogen and oxygen atoms in total. The molecule has 2 rings (SSSR count). The Morgan fingerprint density at radius 1 is 1.18 bits per heavy atom. The molecule has 0 saturated heterocycles. The number of hydrogen-bond acceptors (Lipinski definition) is 2. The lowest BCUT2D eigenvalue weighted by Crippen LogP contribution is -2.30. The predicted octanol–water partition coefficient (Wildman–Crippen LogP) is 4.34. The molecule has 0 aliphatic carbocycles. The number of benzene rings is 2. The Morgan fingerprint density at radius 3 is 2.36 bits per heavy atom. The molecule has 0 unspecified atom stereocenters. The van der Waals surface area contributed by atoms with E-state index in [0.717, 1.165) is 16.7 Å². The summed E-state index contributed by atoms with van der Waals surface area (Å²) in [4.78, 5) is 11.5. The largest absolute Gasteiger partial charge is 0.478 e.